The fraction of sp³-hybridized carbons (Fsp3) is 0.429. The smallest absolute Gasteiger partial charge is 0.239 e. The van der Waals surface area contributed by atoms with Crippen LogP contribution in [0.1, 0.15) is 19.0 Å². The van der Waals surface area contributed by atoms with Gasteiger partial charge in [0.2, 0.25) is 5.95 Å². The highest BCUT2D eigenvalue weighted by Crippen LogP contribution is 2.23. The molecular weight excluding hydrogens is 200 g/mol. The van der Waals surface area contributed by atoms with E-state index in [2.05, 4.69) is 31.7 Å². The third-order valence-corrected chi connectivity index (χ3v) is 2.54. The van der Waals surface area contributed by atoms with Crippen LogP contribution >= 0.6 is 11.5 Å². The van der Waals surface area contributed by atoms with Crippen molar-refractivity contribution in [1.82, 2.24) is 24.8 Å². The van der Waals surface area contributed by atoms with E-state index in [9.17, 15) is 0 Å². The summed E-state index contributed by atoms with van der Waals surface area (Å²) >= 11 is 1.31. The summed E-state index contributed by atoms with van der Waals surface area (Å²) in [4.78, 5) is 4.96. The standard InChI is InChI=1S/C7H10N6S/c1-2-3-4-5(14-13-10-4)6-9-7(8)12-11-6/h2-3H2,1H3,(H3,8,9,11,12). The molecule has 14 heavy (non-hydrogen) atoms. The summed E-state index contributed by atoms with van der Waals surface area (Å²) in [6.45, 7) is 2.10. The van der Waals surface area contributed by atoms with Crippen LogP contribution in [0.25, 0.3) is 10.7 Å². The van der Waals surface area contributed by atoms with Crippen molar-refractivity contribution in [3.8, 4) is 10.7 Å². The zero-order valence-corrected chi connectivity index (χ0v) is 8.51. The van der Waals surface area contributed by atoms with Gasteiger partial charge in [0.1, 0.15) is 4.88 Å². The van der Waals surface area contributed by atoms with E-state index in [0.717, 1.165) is 23.4 Å². The van der Waals surface area contributed by atoms with Gasteiger partial charge in [-0.05, 0) is 18.0 Å². The lowest BCUT2D eigenvalue weighted by Gasteiger charge is -1.93. The lowest BCUT2D eigenvalue weighted by Crippen LogP contribution is -1.89. The minimum Gasteiger partial charge on any atom is -0.366 e. The number of aromatic nitrogens is 5. The second kappa shape index (κ2) is 3.70. The molecule has 0 aliphatic rings. The van der Waals surface area contributed by atoms with E-state index in [0.29, 0.717) is 5.82 Å². The van der Waals surface area contributed by atoms with E-state index >= 15 is 0 Å². The van der Waals surface area contributed by atoms with Gasteiger partial charge in [-0.25, -0.2) is 0 Å². The first-order valence-corrected chi connectivity index (χ1v) is 5.08. The number of hydrogen-bond donors (Lipinski definition) is 2. The minimum absolute atomic E-state index is 0.246. The molecule has 0 bridgehead atoms. The molecular formula is C7H10N6S. The van der Waals surface area contributed by atoms with Gasteiger partial charge >= 0.3 is 0 Å². The average molecular weight is 210 g/mol. The number of aryl methyl sites for hydroxylation is 1. The topological polar surface area (TPSA) is 93.4 Å². The molecule has 0 spiro atoms. The molecule has 0 saturated carbocycles. The van der Waals surface area contributed by atoms with Crippen LogP contribution < -0.4 is 5.73 Å². The second-order valence-electron chi connectivity index (χ2n) is 2.84. The molecule has 0 atom stereocenters. The number of hydrogen-bond acceptors (Lipinski definition) is 6. The van der Waals surface area contributed by atoms with Crippen LogP contribution in [0, 0.1) is 0 Å². The molecule has 0 aromatic carbocycles. The van der Waals surface area contributed by atoms with Crippen molar-refractivity contribution in [2.45, 2.75) is 19.8 Å². The Hall–Kier alpha value is -1.50. The molecule has 2 aromatic heterocycles. The highest BCUT2D eigenvalue weighted by atomic mass is 32.1. The number of H-pyrrole nitrogens is 1. The Balaban J connectivity index is 2.36. The van der Waals surface area contributed by atoms with Crippen molar-refractivity contribution >= 4 is 17.5 Å². The van der Waals surface area contributed by atoms with E-state index in [-0.39, 0.29) is 5.95 Å². The van der Waals surface area contributed by atoms with Gasteiger partial charge in [0.15, 0.2) is 5.82 Å². The maximum atomic E-state index is 5.42. The number of nitrogens with zero attached hydrogens (tertiary/aromatic N) is 4. The summed E-state index contributed by atoms with van der Waals surface area (Å²) in [5, 5.41) is 10.5. The molecule has 0 amide bonds. The summed E-state index contributed by atoms with van der Waals surface area (Å²) in [5.74, 6) is 0.900. The predicted molar refractivity (Wildman–Crippen MR) is 53.7 cm³/mol. The molecule has 3 N–H and O–H groups in total. The molecule has 2 aromatic rings. The largest absolute Gasteiger partial charge is 0.366 e. The number of nitrogen functional groups attached to an aromatic ring is 1. The Morgan fingerprint density at radius 1 is 1.50 bits per heavy atom. The molecule has 0 radical (unpaired) electrons. The molecule has 0 aliphatic carbocycles. The van der Waals surface area contributed by atoms with Crippen LogP contribution in [-0.4, -0.2) is 24.8 Å². The first kappa shape index (κ1) is 9.07. The fourth-order valence-electron chi connectivity index (χ4n) is 1.17. The zero-order chi connectivity index (χ0) is 9.97. The maximum absolute atomic E-state index is 5.42. The SMILES string of the molecule is CCCc1nnsc1-c1nc(N)n[nH]1. The predicted octanol–water partition coefficient (Wildman–Crippen LogP) is 0.858. The lowest BCUT2D eigenvalue weighted by atomic mass is 10.2. The Morgan fingerprint density at radius 3 is 3.00 bits per heavy atom. The summed E-state index contributed by atoms with van der Waals surface area (Å²) in [5.41, 5.74) is 6.37. The van der Waals surface area contributed by atoms with Gasteiger partial charge in [-0.15, -0.1) is 10.2 Å². The second-order valence-corrected chi connectivity index (χ2v) is 3.60. The van der Waals surface area contributed by atoms with E-state index in [1.165, 1.54) is 11.5 Å². The van der Waals surface area contributed by atoms with Gasteiger partial charge in [0, 0.05) is 0 Å². The fourth-order valence-corrected chi connectivity index (χ4v) is 1.81. The van der Waals surface area contributed by atoms with E-state index < -0.39 is 0 Å². The summed E-state index contributed by atoms with van der Waals surface area (Å²) in [7, 11) is 0. The van der Waals surface area contributed by atoms with Gasteiger partial charge in [-0.3, -0.25) is 5.10 Å². The Labute approximate surface area is 84.7 Å². The van der Waals surface area contributed by atoms with Crippen LogP contribution in [-0.2, 0) is 6.42 Å². The molecule has 0 fully saturated rings. The van der Waals surface area contributed by atoms with Crippen LogP contribution in [0.4, 0.5) is 5.95 Å². The third kappa shape index (κ3) is 1.58. The van der Waals surface area contributed by atoms with Crippen molar-refractivity contribution in [2.75, 3.05) is 5.73 Å². The zero-order valence-electron chi connectivity index (χ0n) is 7.69. The normalized spacial score (nSPS) is 10.6. The molecule has 0 unspecified atom stereocenters. The average Bonchev–Trinajstić information content (AvgIpc) is 2.74. The quantitative estimate of drug-likeness (QED) is 0.783. The van der Waals surface area contributed by atoms with E-state index in [4.69, 9.17) is 5.73 Å². The minimum atomic E-state index is 0.246. The molecule has 0 saturated heterocycles. The summed E-state index contributed by atoms with van der Waals surface area (Å²) < 4.78 is 3.89. The van der Waals surface area contributed by atoms with Crippen molar-refractivity contribution in [2.24, 2.45) is 0 Å². The first-order valence-electron chi connectivity index (χ1n) is 4.30. The third-order valence-electron chi connectivity index (χ3n) is 1.76. The maximum Gasteiger partial charge on any atom is 0.239 e. The van der Waals surface area contributed by atoms with Gasteiger partial charge < -0.3 is 5.73 Å². The van der Waals surface area contributed by atoms with E-state index in [1.54, 1.807) is 0 Å². The van der Waals surface area contributed by atoms with Gasteiger partial charge in [0.05, 0.1) is 5.69 Å². The number of rotatable bonds is 3. The molecule has 74 valence electrons. The van der Waals surface area contributed by atoms with Gasteiger partial charge in [0.25, 0.3) is 0 Å². The first-order chi connectivity index (χ1) is 6.81. The lowest BCUT2D eigenvalue weighted by molar-refractivity contribution is 0.870. The van der Waals surface area contributed by atoms with Crippen LogP contribution in [0.5, 0.6) is 0 Å². The monoisotopic (exact) mass is 210 g/mol. The highest BCUT2D eigenvalue weighted by Gasteiger charge is 2.12. The highest BCUT2D eigenvalue weighted by molar-refractivity contribution is 7.09. The van der Waals surface area contributed by atoms with Crippen molar-refractivity contribution in [1.29, 1.82) is 0 Å². The number of aromatic amines is 1. The van der Waals surface area contributed by atoms with Crippen LogP contribution in [0.15, 0.2) is 0 Å². The molecule has 2 rings (SSSR count). The number of nitrogens with one attached hydrogen (secondary N) is 1. The molecule has 2 heterocycles. The number of anilines is 1. The Bertz CT molecular complexity index is 419. The summed E-state index contributed by atoms with van der Waals surface area (Å²) in [6.07, 6.45) is 1.93. The van der Waals surface area contributed by atoms with Crippen LogP contribution in [0.2, 0.25) is 0 Å². The Morgan fingerprint density at radius 2 is 2.36 bits per heavy atom. The molecule has 0 aliphatic heterocycles. The Kier molecular flexibility index (Phi) is 2.40. The summed E-state index contributed by atoms with van der Waals surface area (Å²) in [6, 6.07) is 0. The van der Waals surface area contributed by atoms with Crippen molar-refractivity contribution in [3.05, 3.63) is 5.69 Å². The molecule has 7 heteroatoms. The van der Waals surface area contributed by atoms with Gasteiger partial charge in [-0.2, -0.15) is 4.98 Å². The molecule has 6 nitrogen and oxygen atoms in total. The van der Waals surface area contributed by atoms with Crippen molar-refractivity contribution < 1.29 is 0 Å². The van der Waals surface area contributed by atoms with Crippen molar-refractivity contribution in [3.63, 3.8) is 0 Å². The number of nitrogens with two attached hydrogens (primary N) is 1. The van der Waals surface area contributed by atoms with E-state index in [1.807, 2.05) is 0 Å². The van der Waals surface area contributed by atoms with Gasteiger partial charge in [-0.1, -0.05) is 17.8 Å². The van der Waals surface area contributed by atoms with Crippen LogP contribution in [0.3, 0.4) is 0 Å².